The van der Waals surface area contributed by atoms with Crippen LogP contribution in [0.4, 0.5) is 11.4 Å². The maximum Gasteiger partial charge on any atom is 0.250 e. The molecule has 9 heteroatoms. The van der Waals surface area contributed by atoms with E-state index in [0.717, 1.165) is 0 Å². The van der Waals surface area contributed by atoms with E-state index in [-0.39, 0.29) is 24.7 Å². The molecule has 3 amide bonds. The van der Waals surface area contributed by atoms with E-state index < -0.39 is 23.4 Å². The van der Waals surface area contributed by atoms with Crippen LogP contribution in [0, 0.1) is 5.92 Å². The van der Waals surface area contributed by atoms with Crippen LogP contribution in [0.3, 0.4) is 0 Å². The van der Waals surface area contributed by atoms with Gasteiger partial charge in [0.25, 0.3) is 0 Å². The summed E-state index contributed by atoms with van der Waals surface area (Å²) in [6.45, 7) is 0. The van der Waals surface area contributed by atoms with Gasteiger partial charge >= 0.3 is 0 Å². The van der Waals surface area contributed by atoms with Gasteiger partial charge in [0.1, 0.15) is 17.0 Å². The second-order valence-electron chi connectivity index (χ2n) is 7.66. The number of ether oxygens (including phenoxy) is 2. The molecule has 1 saturated heterocycles. The van der Waals surface area contributed by atoms with Gasteiger partial charge in [0.15, 0.2) is 0 Å². The Morgan fingerprint density at radius 1 is 1.19 bits per heavy atom. The van der Waals surface area contributed by atoms with Crippen molar-refractivity contribution in [3.8, 4) is 11.5 Å². The maximum atomic E-state index is 13.5. The fraction of sp³-hybridized carbons (Fsp3) is 0.318. The molecule has 2 aliphatic heterocycles. The highest BCUT2D eigenvalue weighted by Gasteiger charge is 2.60. The van der Waals surface area contributed by atoms with Gasteiger partial charge in [-0.2, -0.15) is 0 Å². The summed E-state index contributed by atoms with van der Waals surface area (Å²) in [7, 11) is 3.02. The quantitative estimate of drug-likeness (QED) is 0.553. The van der Waals surface area contributed by atoms with Crippen molar-refractivity contribution < 1.29 is 23.9 Å². The summed E-state index contributed by atoms with van der Waals surface area (Å²) in [5.41, 5.74) is 5.82. The first-order chi connectivity index (χ1) is 14.9. The number of rotatable bonds is 6. The Morgan fingerprint density at radius 2 is 1.97 bits per heavy atom. The van der Waals surface area contributed by atoms with Gasteiger partial charge < -0.3 is 25.8 Å². The van der Waals surface area contributed by atoms with Crippen LogP contribution in [0.25, 0.3) is 0 Å². The third kappa shape index (κ3) is 3.46. The third-order valence-corrected chi connectivity index (χ3v) is 5.86. The first-order valence-corrected chi connectivity index (χ1v) is 9.89. The van der Waals surface area contributed by atoms with Crippen LogP contribution in [0.5, 0.6) is 11.5 Å². The smallest absolute Gasteiger partial charge is 0.250 e. The number of nitrogens with one attached hydrogen (secondary N) is 3. The molecule has 162 valence electrons. The molecule has 0 aromatic heterocycles. The summed E-state index contributed by atoms with van der Waals surface area (Å²) in [6.07, 6.45) is 0.284. The minimum Gasteiger partial charge on any atom is -0.497 e. The molecule has 4 rings (SSSR count). The van der Waals surface area contributed by atoms with Crippen LogP contribution in [0.1, 0.15) is 18.4 Å². The largest absolute Gasteiger partial charge is 0.497 e. The van der Waals surface area contributed by atoms with Crippen molar-refractivity contribution in [1.82, 2.24) is 5.32 Å². The molecular formula is C22H24N4O5. The Hall–Kier alpha value is -3.59. The van der Waals surface area contributed by atoms with E-state index in [0.29, 0.717) is 28.4 Å². The normalized spacial score (nSPS) is 23.9. The highest BCUT2D eigenvalue weighted by molar-refractivity contribution is 6.10. The molecule has 2 aliphatic rings. The van der Waals surface area contributed by atoms with Crippen LogP contribution < -0.4 is 31.2 Å². The fourth-order valence-electron chi connectivity index (χ4n) is 4.52. The standard InChI is InChI=1S/C22H24N4O5/c1-30-13-7-8-18(31-2)17(11-13)24-20(28)15-9-12(10-19(23)27)26-22(15)14-5-3-4-6-16(14)25-21(22)29/h3-8,11-12,15,26H,9-10H2,1-2H3,(H2,23,27)(H,24,28)(H,25,29). The number of hydrogen-bond acceptors (Lipinski definition) is 6. The second kappa shape index (κ2) is 7.92. The Morgan fingerprint density at radius 3 is 2.68 bits per heavy atom. The van der Waals surface area contributed by atoms with E-state index in [1.807, 2.05) is 12.1 Å². The van der Waals surface area contributed by atoms with E-state index in [1.54, 1.807) is 30.3 Å². The summed E-state index contributed by atoms with van der Waals surface area (Å²) < 4.78 is 10.6. The van der Waals surface area contributed by atoms with Crippen LogP contribution in [0.15, 0.2) is 42.5 Å². The molecule has 2 heterocycles. The van der Waals surface area contributed by atoms with Crippen molar-refractivity contribution >= 4 is 29.1 Å². The third-order valence-electron chi connectivity index (χ3n) is 5.86. The first kappa shape index (κ1) is 20.7. The highest BCUT2D eigenvalue weighted by Crippen LogP contribution is 2.47. The van der Waals surface area contributed by atoms with Gasteiger partial charge in [-0.15, -0.1) is 0 Å². The zero-order valence-corrected chi connectivity index (χ0v) is 17.2. The van der Waals surface area contributed by atoms with Gasteiger partial charge in [-0.05, 0) is 24.6 Å². The summed E-state index contributed by atoms with van der Waals surface area (Å²) in [4.78, 5) is 38.2. The molecule has 2 aromatic carbocycles. The molecule has 3 unspecified atom stereocenters. The summed E-state index contributed by atoms with van der Waals surface area (Å²) in [6, 6.07) is 11.8. The predicted molar refractivity (Wildman–Crippen MR) is 114 cm³/mol. The number of para-hydroxylation sites is 1. The van der Waals surface area contributed by atoms with E-state index in [1.165, 1.54) is 14.2 Å². The second-order valence-corrected chi connectivity index (χ2v) is 7.66. The number of primary amides is 1. The van der Waals surface area contributed by atoms with Gasteiger partial charge in [-0.25, -0.2) is 0 Å². The molecule has 1 fully saturated rings. The van der Waals surface area contributed by atoms with Crippen molar-refractivity contribution in [3.63, 3.8) is 0 Å². The topological polar surface area (TPSA) is 132 Å². The van der Waals surface area contributed by atoms with Crippen molar-refractivity contribution in [2.24, 2.45) is 11.7 Å². The summed E-state index contributed by atoms with van der Waals surface area (Å²) >= 11 is 0. The molecular weight excluding hydrogens is 400 g/mol. The van der Waals surface area contributed by atoms with E-state index in [9.17, 15) is 14.4 Å². The van der Waals surface area contributed by atoms with Crippen molar-refractivity contribution in [2.75, 3.05) is 24.9 Å². The molecule has 0 radical (unpaired) electrons. The fourth-order valence-corrected chi connectivity index (χ4v) is 4.52. The maximum absolute atomic E-state index is 13.5. The van der Waals surface area contributed by atoms with Crippen LogP contribution in [0.2, 0.25) is 0 Å². The minimum absolute atomic E-state index is 0.0173. The van der Waals surface area contributed by atoms with Crippen LogP contribution in [-0.4, -0.2) is 38.0 Å². The monoisotopic (exact) mass is 424 g/mol. The van der Waals surface area contributed by atoms with Gasteiger partial charge in [-0.3, -0.25) is 19.7 Å². The zero-order valence-electron chi connectivity index (χ0n) is 17.2. The SMILES string of the molecule is COc1ccc(OC)c(NC(=O)C2CC(CC(N)=O)NC23C(=O)Nc2ccccc23)c1. The van der Waals surface area contributed by atoms with Gasteiger partial charge in [0.2, 0.25) is 17.7 Å². The van der Waals surface area contributed by atoms with Crippen molar-refractivity contribution in [3.05, 3.63) is 48.0 Å². The van der Waals surface area contributed by atoms with Gasteiger partial charge in [-0.1, -0.05) is 18.2 Å². The van der Waals surface area contributed by atoms with Gasteiger partial charge in [0, 0.05) is 29.8 Å². The molecule has 5 N–H and O–H groups in total. The number of benzene rings is 2. The molecule has 0 aliphatic carbocycles. The first-order valence-electron chi connectivity index (χ1n) is 9.89. The van der Waals surface area contributed by atoms with E-state index in [2.05, 4.69) is 16.0 Å². The van der Waals surface area contributed by atoms with Gasteiger partial charge in [0.05, 0.1) is 25.8 Å². The number of carbonyl (C=O) groups excluding carboxylic acids is 3. The molecule has 31 heavy (non-hydrogen) atoms. The number of fused-ring (bicyclic) bond motifs is 2. The Labute approximate surface area is 179 Å². The Bertz CT molecular complexity index is 1060. The lowest BCUT2D eigenvalue weighted by Gasteiger charge is -2.29. The number of anilines is 2. The molecule has 1 spiro atoms. The Kier molecular flexibility index (Phi) is 5.28. The lowest BCUT2D eigenvalue weighted by atomic mass is 9.79. The van der Waals surface area contributed by atoms with Crippen LogP contribution in [-0.2, 0) is 19.9 Å². The molecule has 0 bridgehead atoms. The number of hydrogen-bond donors (Lipinski definition) is 4. The molecule has 9 nitrogen and oxygen atoms in total. The number of carbonyl (C=O) groups is 3. The lowest BCUT2D eigenvalue weighted by Crippen LogP contribution is -2.52. The number of methoxy groups -OCH3 is 2. The highest BCUT2D eigenvalue weighted by atomic mass is 16.5. The number of amides is 3. The number of nitrogens with two attached hydrogens (primary N) is 1. The Balaban J connectivity index is 1.72. The van der Waals surface area contributed by atoms with Crippen molar-refractivity contribution in [1.29, 1.82) is 0 Å². The molecule has 0 saturated carbocycles. The average molecular weight is 424 g/mol. The summed E-state index contributed by atoms with van der Waals surface area (Å²) in [5, 5.41) is 8.97. The summed E-state index contributed by atoms with van der Waals surface area (Å²) in [5.74, 6) is -0.993. The lowest BCUT2D eigenvalue weighted by molar-refractivity contribution is -0.130. The van der Waals surface area contributed by atoms with E-state index >= 15 is 0 Å². The predicted octanol–water partition coefficient (Wildman–Crippen LogP) is 1.34. The zero-order chi connectivity index (χ0) is 22.2. The van der Waals surface area contributed by atoms with Crippen LogP contribution >= 0.6 is 0 Å². The average Bonchev–Trinajstić information content (AvgIpc) is 3.26. The molecule has 2 aromatic rings. The minimum atomic E-state index is -1.30. The van der Waals surface area contributed by atoms with Crippen molar-refractivity contribution in [2.45, 2.75) is 24.4 Å². The van der Waals surface area contributed by atoms with E-state index in [4.69, 9.17) is 15.2 Å². The molecule has 3 atom stereocenters.